The van der Waals surface area contributed by atoms with Gasteiger partial charge in [0, 0.05) is 29.9 Å². The molecule has 0 aliphatic heterocycles. The summed E-state index contributed by atoms with van der Waals surface area (Å²) in [4.78, 5) is 28.2. The number of rotatable bonds is 7. The van der Waals surface area contributed by atoms with Crippen LogP contribution in [-0.4, -0.2) is 30.6 Å². The third-order valence-electron chi connectivity index (χ3n) is 5.03. The fraction of sp³-hybridized carbons (Fsp3) is 0.261. The number of carbonyl (C=O) groups is 2. The standard InChI is InChI=1S/C23H26N4O4/c1-5-9-26-23(29)27-17-6-7-19(14(3)13(17)2)31-20-8-10-25-18-12-21(30-4)16(22(24)28)11-15(18)20/h6-8,10-12H,5,9H2,1-4H3,(H2,24,28)(H2,26,27,29). The van der Waals surface area contributed by atoms with Gasteiger partial charge < -0.3 is 25.8 Å². The molecule has 31 heavy (non-hydrogen) atoms. The van der Waals surface area contributed by atoms with Gasteiger partial charge in [-0.2, -0.15) is 0 Å². The number of carbonyl (C=O) groups excluding carboxylic acids is 2. The van der Waals surface area contributed by atoms with Crippen molar-refractivity contribution in [2.24, 2.45) is 5.73 Å². The number of nitrogens with one attached hydrogen (secondary N) is 2. The molecule has 0 unspecified atom stereocenters. The first-order valence-corrected chi connectivity index (χ1v) is 9.95. The summed E-state index contributed by atoms with van der Waals surface area (Å²) in [7, 11) is 1.47. The van der Waals surface area contributed by atoms with Gasteiger partial charge >= 0.3 is 6.03 Å². The smallest absolute Gasteiger partial charge is 0.319 e. The molecule has 0 bridgehead atoms. The maximum atomic E-state index is 12.0. The second kappa shape index (κ2) is 9.34. The summed E-state index contributed by atoms with van der Waals surface area (Å²) in [6, 6.07) is 8.34. The lowest BCUT2D eigenvalue weighted by Gasteiger charge is -2.16. The summed E-state index contributed by atoms with van der Waals surface area (Å²) < 4.78 is 11.4. The van der Waals surface area contributed by atoms with Crippen molar-refractivity contribution in [3.8, 4) is 17.2 Å². The molecule has 0 fully saturated rings. The fourth-order valence-corrected chi connectivity index (χ4v) is 3.16. The van der Waals surface area contributed by atoms with Crippen LogP contribution < -0.4 is 25.8 Å². The number of hydrogen-bond donors (Lipinski definition) is 3. The highest BCUT2D eigenvalue weighted by atomic mass is 16.5. The number of nitrogens with zero attached hydrogens (tertiary/aromatic N) is 1. The van der Waals surface area contributed by atoms with E-state index in [4.69, 9.17) is 15.2 Å². The maximum Gasteiger partial charge on any atom is 0.319 e. The lowest BCUT2D eigenvalue weighted by molar-refractivity contribution is 0.0997. The number of amides is 3. The van der Waals surface area contributed by atoms with Crippen LogP contribution in [-0.2, 0) is 0 Å². The molecular weight excluding hydrogens is 396 g/mol. The summed E-state index contributed by atoms with van der Waals surface area (Å²) in [5.74, 6) is 0.908. The summed E-state index contributed by atoms with van der Waals surface area (Å²) >= 11 is 0. The summed E-state index contributed by atoms with van der Waals surface area (Å²) in [5, 5.41) is 6.28. The number of aromatic nitrogens is 1. The Labute approximate surface area is 180 Å². The lowest BCUT2D eigenvalue weighted by Crippen LogP contribution is -2.29. The van der Waals surface area contributed by atoms with Gasteiger partial charge in [0.2, 0.25) is 0 Å². The minimum atomic E-state index is -0.600. The first-order chi connectivity index (χ1) is 14.8. The predicted octanol–water partition coefficient (Wildman–Crippen LogP) is 4.28. The van der Waals surface area contributed by atoms with E-state index in [9.17, 15) is 9.59 Å². The molecule has 8 heteroatoms. The molecule has 0 radical (unpaired) electrons. The molecule has 0 saturated heterocycles. The van der Waals surface area contributed by atoms with Crippen molar-refractivity contribution in [3.05, 3.63) is 53.2 Å². The van der Waals surface area contributed by atoms with E-state index >= 15 is 0 Å². The number of hydrogen-bond acceptors (Lipinski definition) is 5. The lowest BCUT2D eigenvalue weighted by atomic mass is 10.1. The Balaban J connectivity index is 1.95. The zero-order chi connectivity index (χ0) is 22.5. The normalized spacial score (nSPS) is 10.6. The number of benzene rings is 2. The molecule has 3 amide bonds. The van der Waals surface area contributed by atoms with Crippen molar-refractivity contribution in [2.75, 3.05) is 19.0 Å². The Hall–Kier alpha value is -3.81. The minimum absolute atomic E-state index is 0.244. The van der Waals surface area contributed by atoms with Crippen LogP contribution in [0.5, 0.6) is 17.2 Å². The zero-order valence-electron chi connectivity index (χ0n) is 18.0. The summed E-state index contributed by atoms with van der Waals surface area (Å²) in [5.41, 5.74) is 8.83. The van der Waals surface area contributed by atoms with Gasteiger partial charge in [0.1, 0.15) is 17.2 Å². The molecule has 3 aromatic rings. The Morgan fingerprint density at radius 3 is 2.52 bits per heavy atom. The first-order valence-electron chi connectivity index (χ1n) is 9.95. The van der Waals surface area contributed by atoms with E-state index in [0.29, 0.717) is 40.4 Å². The molecule has 3 rings (SSSR count). The number of nitrogens with two attached hydrogens (primary N) is 1. The minimum Gasteiger partial charge on any atom is -0.496 e. The van der Waals surface area contributed by atoms with Gasteiger partial charge in [0.05, 0.1) is 18.2 Å². The van der Waals surface area contributed by atoms with Gasteiger partial charge in [0.15, 0.2) is 0 Å². The monoisotopic (exact) mass is 422 g/mol. The number of pyridine rings is 1. The van der Waals surface area contributed by atoms with Crippen LogP contribution >= 0.6 is 0 Å². The SMILES string of the molecule is CCCNC(=O)Nc1ccc(Oc2ccnc3cc(OC)c(C(N)=O)cc23)c(C)c1C. The molecule has 0 saturated carbocycles. The molecule has 0 atom stereocenters. The van der Waals surface area contributed by atoms with Crippen molar-refractivity contribution >= 4 is 28.5 Å². The fourth-order valence-electron chi connectivity index (χ4n) is 3.16. The van der Waals surface area contributed by atoms with Crippen LogP contribution in [0.2, 0.25) is 0 Å². The van der Waals surface area contributed by atoms with Crippen molar-refractivity contribution in [1.29, 1.82) is 0 Å². The number of ether oxygens (including phenoxy) is 2. The average molecular weight is 422 g/mol. The van der Waals surface area contributed by atoms with Gasteiger partial charge in [-0.3, -0.25) is 9.78 Å². The molecule has 4 N–H and O–H groups in total. The highest BCUT2D eigenvalue weighted by molar-refractivity contribution is 6.01. The van der Waals surface area contributed by atoms with Crippen LogP contribution in [0, 0.1) is 13.8 Å². The van der Waals surface area contributed by atoms with Crippen molar-refractivity contribution in [3.63, 3.8) is 0 Å². The number of urea groups is 1. The van der Waals surface area contributed by atoms with Crippen molar-refractivity contribution < 1.29 is 19.1 Å². The Bertz CT molecular complexity index is 1140. The zero-order valence-corrected chi connectivity index (χ0v) is 18.0. The second-order valence-electron chi connectivity index (χ2n) is 7.09. The first kappa shape index (κ1) is 21.9. The third kappa shape index (κ3) is 4.69. The molecule has 0 aliphatic rings. The maximum absolute atomic E-state index is 12.0. The number of primary amides is 1. The van der Waals surface area contributed by atoms with Gasteiger partial charge in [-0.15, -0.1) is 0 Å². The highest BCUT2D eigenvalue weighted by Crippen LogP contribution is 2.36. The van der Waals surface area contributed by atoms with Crippen molar-refractivity contribution in [2.45, 2.75) is 27.2 Å². The third-order valence-corrected chi connectivity index (χ3v) is 5.03. The van der Waals surface area contributed by atoms with E-state index in [1.807, 2.05) is 20.8 Å². The van der Waals surface area contributed by atoms with Gasteiger partial charge in [0.25, 0.3) is 5.91 Å². The van der Waals surface area contributed by atoms with E-state index in [-0.39, 0.29) is 11.6 Å². The van der Waals surface area contributed by atoms with E-state index in [0.717, 1.165) is 17.5 Å². The Morgan fingerprint density at radius 1 is 1.06 bits per heavy atom. The van der Waals surface area contributed by atoms with E-state index in [1.54, 1.807) is 36.5 Å². The van der Waals surface area contributed by atoms with Gasteiger partial charge in [-0.25, -0.2) is 4.79 Å². The molecule has 1 heterocycles. The number of fused-ring (bicyclic) bond motifs is 1. The van der Waals surface area contributed by atoms with E-state index < -0.39 is 5.91 Å². The van der Waals surface area contributed by atoms with E-state index in [1.165, 1.54) is 7.11 Å². The van der Waals surface area contributed by atoms with Crippen LogP contribution in [0.15, 0.2) is 36.5 Å². The van der Waals surface area contributed by atoms with Crippen LogP contribution in [0.4, 0.5) is 10.5 Å². The molecule has 1 aromatic heterocycles. The highest BCUT2D eigenvalue weighted by Gasteiger charge is 2.16. The molecular formula is C23H26N4O4. The predicted molar refractivity (Wildman–Crippen MR) is 120 cm³/mol. The van der Waals surface area contributed by atoms with Crippen LogP contribution in [0.3, 0.4) is 0 Å². The number of anilines is 1. The quantitative estimate of drug-likeness (QED) is 0.525. The van der Waals surface area contributed by atoms with Crippen molar-refractivity contribution in [1.82, 2.24) is 10.3 Å². The summed E-state index contributed by atoms with van der Waals surface area (Å²) in [6.45, 7) is 6.44. The molecule has 0 aliphatic carbocycles. The molecule has 8 nitrogen and oxygen atoms in total. The second-order valence-corrected chi connectivity index (χ2v) is 7.09. The number of methoxy groups -OCH3 is 1. The Morgan fingerprint density at radius 2 is 1.84 bits per heavy atom. The Kier molecular flexibility index (Phi) is 6.59. The topological polar surface area (TPSA) is 116 Å². The van der Waals surface area contributed by atoms with Gasteiger partial charge in [-0.1, -0.05) is 6.92 Å². The van der Waals surface area contributed by atoms with E-state index in [2.05, 4.69) is 15.6 Å². The van der Waals surface area contributed by atoms with Gasteiger partial charge in [-0.05, 0) is 55.7 Å². The van der Waals surface area contributed by atoms with Crippen LogP contribution in [0.1, 0.15) is 34.8 Å². The molecule has 162 valence electrons. The summed E-state index contributed by atoms with van der Waals surface area (Å²) in [6.07, 6.45) is 2.48. The van der Waals surface area contributed by atoms with Crippen LogP contribution in [0.25, 0.3) is 10.9 Å². The average Bonchev–Trinajstić information content (AvgIpc) is 2.76. The largest absolute Gasteiger partial charge is 0.496 e. The molecule has 0 spiro atoms. The molecule has 2 aromatic carbocycles.